The predicted octanol–water partition coefficient (Wildman–Crippen LogP) is 0.945. The van der Waals surface area contributed by atoms with Gasteiger partial charge in [-0.15, -0.1) is 0 Å². The van der Waals surface area contributed by atoms with Crippen molar-refractivity contribution in [2.75, 3.05) is 13.1 Å². The van der Waals surface area contributed by atoms with Crippen LogP contribution in [0.4, 0.5) is 0 Å². The first-order chi connectivity index (χ1) is 5.29. The highest BCUT2D eigenvalue weighted by molar-refractivity contribution is 6.39. The SMILES string of the molecule is CCCCN1[SiH2]N(CC)C1Cl. The van der Waals surface area contributed by atoms with Gasteiger partial charge in [-0.3, -0.25) is 9.13 Å². The third kappa shape index (κ3) is 2.18. The molecule has 1 rings (SSSR count). The van der Waals surface area contributed by atoms with Crippen molar-refractivity contribution >= 4 is 21.4 Å². The monoisotopic (exact) mass is 192 g/mol. The molecule has 1 atom stereocenters. The number of halogens is 1. The van der Waals surface area contributed by atoms with Gasteiger partial charge in [-0.25, -0.2) is 0 Å². The van der Waals surface area contributed by atoms with E-state index in [-0.39, 0.29) is 15.5 Å². The van der Waals surface area contributed by atoms with Crippen LogP contribution in [-0.4, -0.2) is 37.7 Å². The van der Waals surface area contributed by atoms with Gasteiger partial charge >= 0.3 is 0 Å². The van der Waals surface area contributed by atoms with Crippen LogP contribution < -0.4 is 0 Å². The molecule has 0 amide bonds. The summed E-state index contributed by atoms with van der Waals surface area (Å²) in [5.41, 5.74) is 0.234. The fourth-order valence-electron chi connectivity index (χ4n) is 1.29. The van der Waals surface area contributed by atoms with E-state index in [1.54, 1.807) is 0 Å². The third-order valence-corrected chi connectivity index (χ3v) is 5.37. The fraction of sp³-hybridized carbons (Fsp3) is 1.00. The highest BCUT2D eigenvalue weighted by Gasteiger charge is 2.32. The van der Waals surface area contributed by atoms with Crippen molar-refractivity contribution < 1.29 is 0 Å². The number of hydrogen-bond donors (Lipinski definition) is 0. The van der Waals surface area contributed by atoms with Crippen molar-refractivity contribution in [3.05, 3.63) is 0 Å². The van der Waals surface area contributed by atoms with Gasteiger partial charge < -0.3 is 0 Å². The second-order valence-corrected chi connectivity index (χ2v) is 5.32. The van der Waals surface area contributed by atoms with Crippen molar-refractivity contribution in [2.24, 2.45) is 0 Å². The quantitative estimate of drug-likeness (QED) is 0.372. The number of hydrogen-bond acceptors (Lipinski definition) is 2. The summed E-state index contributed by atoms with van der Waals surface area (Å²) >= 11 is 6.10. The second-order valence-electron chi connectivity index (χ2n) is 3.02. The molecule has 1 fully saturated rings. The first kappa shape index (κ1) is 9.51. The first-order valence-electron chi connectivity index (χ1n) is 4.41. The normalized spacial score (nSPS) is 29.2. The van der Waals surface area contributed by atoms with Crippen molar-refractivity contribution in [3.8, 4) is 0 Å². The average molecular weight is 193 g/mol. The van der Waals surface area contributed by atoms with Crippen LogP contribution in [0.5, 0.6) is 0 Å². The van der Waals surface area contributed by atoms with E-state index in [0.29, 0.717) is 0 Å². The lowest BCUT2D eigenvalue weighted by Gasteiger charge is -2.47. The van der Waals surface area contributed by atoms with Gasteiger partial charge in [-0.1, -0.05) is 31.9 Å². The zero-order valence-electron chi connectivity index (χ0n) is 7.39. The maximum Gasteiger partial charge on any atom is 0.177 e. The molecule has 1 heterocycles. The molecule has 0 aromatic carbocycles. The Labute approximate surface area is 76.5 Å². The van der Waals surface area contributed by atoms with Crippen LogP contribution in [0.1, 0.15) is 26.7 Å². The lowest BCUT2D eigenvalue weighted by Crippen LogP contribution is -2.63. The Morgan fingerprint density at radius 3 is 2.55 bits per heavy atom. The highest BCUT2D eigenvalue weighted by Crippen LogP contribution is 2.19. The van der Waals surface area contributed by atoms with Gasteiger partial charge in [0.25, 0.3) is 0 Å². The molecule has 0 spiro atoms. The van der Waals surface area contributed by atoms with E-state index < -0.39 is 0 Å². The minimum Gasteiger partial charge on any atom is -0.289 e. The van der Waals surface area contributed by atoms with Crippen molar-refractivity contribution in [3.63, 3.8) is 0 Å². The molecular formula is C7H17ClN2Si. The lowest BCUT2D eigenvalue weighted by molar-refractivity contribution is 0.168. The highest BCUT2D eigenvalue weighted by atomic mass is 35.5. The number of alkyl halides is 1. The molecule has 0 saturated carbocycles. The van der Waals surface area contributed by atoms with Gasteiger partial charge in [0, 0.05) is 0 Å². The summed E-state index contributed by atoms with van der Waals surface area (Å²) in [4.78, 5) is 0. The maximum absolute atomic E-state index is 6.10. The molecule has 0 N–H and O–H groups in total. The number of unbranched alkanes of at least 4 members (excludes halogenated alkanes) is 1. The van der Waals surface area contributed by atoms with Crippen LogP contribution in [0.2, 0.25) is 0 Å². The molecule has 2 nitrogen and oxygen atoms in total. The molecule has 4 heteroatoms. The standard InChI is InChI=1S/C7H17ClN2Si/c1-3-5-6-10-7(8)9(4-2)11-10/h7H,3-6,11H2,1-2H3. The van der Waals surface area contributed by atoms with Crippen LogP contribution in [0, 0.1) is 0 Å². The molecule has 0 radical (unpaired) electrons. The van der Waals surface area contributed by atoms with Gasteiger partial charge in [-0.2, -0.15) is 0 Å². The topological polar surface area (TPSA) is 6.48 Å². The van der Waals surface area contributed by atoms with E-state index in [1.807, 2.05) is 0 Å². The molecule has 0 aromatic rings. The van der Waals surface area contributed by atoms with Crippen LogP contribution in [0.25, 0.3) is 0 Å². The molecule has 0 aromatic heterocycles. The third-order valence-electron chi connectivity index (χ3n) is 2.17. The zero-order valence-corrected chi connectivity index (χ0v) is 9.56. The molecule has 66 valence electrons. The molecule has 1 unspecified atom stereocenters. The molecule has 0 aliphatic carbocycles. The number of nitrogens with zero attached hydrogens (tertiary/aromatic N) is 2. The number of rotatable bonds is 4. The van der Waals surface area contributed by atoms with Crippen molar-refractivity contribution in [1.82, 2.24) is 9.13 Å². The van der Waals surface area contributed by atoms with E-state index >= 15 is 0 Å². The predicted molar refractivity (Wildman–Crippen MR) is 52.2 cm³/mol. The Hall–Kier alpha value is 0.427. The summed E-state index contributed by atoms with van der Waals surface area (Å²) in [6, 6.07) is 0. The average Bonchev–Trinajstić information content (AvgIpc) is 2.03. The van der Waals surface area contributed by atoms with Gasteiger partial charge in [0.15, 0.2) is 9.84 Å². The van der Waals surface area contributed by atoms with Crippen LogP contribution in [0.3, 0.4) is 0 Å². The van der Waals surface area contributed by atoms with E-state index in [4.69, 9.17) is 11.6 Å². The van der Waals surface area contributed by atoms with Gasteiger partial charge in [0.05, 0.1) is 0 Å². The Bertz CT molecular complexity index is 121. The second kappa shape index (κ2) is 4.45. The minimum absolute atomic E-state index is 0.100. The molecule has 1 aliphatic rings. The molecule has 1 saturated heterocycles. The Kier molecular flexibility index (Phi) is 3.85. The summed E-state index contributed by atoms with van der Waals surface area (Å²) in [5.74, 6) is 0. The largest absolute Gasteiger partial charge is 0.289 e. The molecule has 1 aliphatic heterocycles. The van der Waals surface area contributed by atoms with Crippen molar-refractivity contribution in [2.45, 2.75) is 32.3 Å². The van der Waals surface area contributed by atoms with Crippen LogP contribution in [-0.2, 0) is 0 Å². The smallest absolute Gasteiger partial charge is 0.177 e. The van der Waals surface area contributed by atoms with E-state index in [0.717, 1.165) is 6.54 Å². The summed E-state index contributed by atoms with van der Waals surface area (Å²) in [5, 5.41) is 0. The molecule has 0 bridgehead atoms. The molecular weight excluding hydrogens is 176 g/mol. The van der Waals surface area contributed by atoms with E-state index in [9.17, 15) is 0 Å². The van der Waals surface area contributed by atoms with E-state index in [1.165, 1.54) is 19.4 Å². The molecule has 11 heavy (non-hydrogen) atoms. The fourth-order valence-corrected chi connectivity index (χ4v) is 3.35. The van der Waals surface area contributed by atoms with Gasteiger partial charge in [0.1, 0.15) is 5.62 Å². The van der Waals surface area contributed by atoms with Gasteiger partial charge in [-0.05, 0) is 19.5 Å². The van der Waals surface area contributed by atoms with Gasteiger partial charge in [0.2, 0.25) is 0 Å². The minimum atomic E-state index is -0.100. The summed E-state index contributed by atoms with van der Waals surface area (Å²) in [7, 11) is -0.100. The van der Waals surface area contributed by atoms with Crippen LogP contribution in [0.15, 0.2) is 0 Å². The summed E-state index contributed by atoms with van der Waals surface area (Å²) in [6.45, 7) is 6.75. The summed E-state index contributed by atoms with van der Waals surface area (Å²) < 4.78 is 4.83. The Balaban J connectivity index is 2.11. The summed E-state index contributed by atoms with van der Waals surface area (Å²) in [6.07, 6.45) is 2.58. The van der Waals surface area contributed by atoms with Crippen LogP contribution >= 0.6 is 11.6 Å². The Morgan fingerprint density at radius 1 is 1.36 bits per heavy atom. The Morgan fingerprint density at radius 2 is 2.09 bits per heavy atom. The van der Waals surface area contributed by atoms with E-state index in [2.05, 4.69) is 23.0 Å². The maximum atomic E-state index is 6.10. The van der Waals surface area contributed by atoms with Crippen molar-refractivity contribution in [1.29, 1.82) is 0 Å². The lowest BCUT2D eigenvalue weighted by atomic mass is 10.3. The first-order valence-corrected chi connectivity index (χ1v) is 6.12. The zero-order chi connectivity index (χ0) is 8.27.